The van der Waals surface area contributed by atoms with Gasteiger partial charge in [0.1, 0.15) is 0 Å². The maximum Gasteiger partial charge on any atom is 0.0700 e. The van der Waals surface area contributed by atoms with Crippen LogP contribution in [0.25, 0.3) is 0 Å². The van der Waals surface area contributed by atoms with E-state index in [1.807, 2.05) is 11.8 Å². The molecule has 1 saturated heterocycles. The molecule has 1 heterocycles. The number of hydrogen-bond donors (Lipinski definition) is 1. The molecule has 0 aromatic rings. The van der Waals surface area contributed by atoms with Crippen molar-refractivity contribution in [3.05, 3.63) is 0 Å². The van der Waals surface area contributed by atoms with Crippen LogP contribution < -0.4 is 5.32 Å². The summed E-state index contributed by atoms with van der Waals surface area (Å²) in [7, 11) is 0. The maximum atomic E-state index is 5.51. The van der Waals surface area contributed by atoms with E-state index in [0.717, 1.165) is 13.2 Å². The molecule has 0 aromatic carbocycles. The van der Waals surface area contributed by atoms with E-state index in [4.69, 9.17) is 4.74 Å². The fraction of sp³-hybridized carbons (Fsp3) is 1.00. The van der Waals surface area contributed by atoms with Crippen molar-refractivity contribution in [1.82, 2.24) is 5.32 Å². The van der Waals surface area contributed by atoms with Crippen LogP contribution in [0.5, 0.6) is 0 Å². The molecular weight excluding hydrogens is 170 g/mol. The molecule has 2 nitrogen and oxygen atoms in total. The summed E-state index contributed by atoms with van der Waals surface area (Å²) in [6, 6.07) is 0.615. The smallest absolute Gasteiger partial charge is 0.0700 e. The fourth-order valence-electron chi connectivity index (χ4n) is 1.45. The van der Waals surface area contributed by atoms with Gasteiger partial charge in [0.2, 0.25) is 0 Å². The lowest BCUT2D eigenvalue weighted by Crippen LogP contribution is -2.34. The van der Waals surface area contributed by atoms with Crippen molar-refractivity contribution >= 4 is 11.8 Å². The normalized spacial score (nSPS) is 26.0. The Morgan fingerprint density at radius 3 is 3.08 bits per heavy atom. The Morgan fingerprint density at radius 1 is 1.67 bits per heavy atom. The Hall–Kier alpha value is 0.270. The van der Waals surface area contributed by atoms with Crippen molar-refractivity contribution in [2.45, 2.75) is 31.9 Å². The Labute approximate surface area is 79.4 Å². The van der Waals surface area contributed by atoms with Crippen LogP contribution in [0.4, 0.5) is 0 Å². The molecule has 1 aliphatic heterocycles. The lowest BCUT2D eigenvalue weighted by Gasteiger charge is -2.15. The standard InChI is InChI=1S/C9H19NOS/c1-8(7-12-2)10-6-9-4-3-5-11-9/h8-10H,3-7H2,1-2H3. The third-order valence-corrected chi connectivity index (χ3v) is 2.97. The summed E-state index contributed by atoms with van der Waals surface area (Å²) < 4.78 is 5.51. The first-order valence-corrected chi connectivity index (χ1v) is 6.06. The fourth-order valence-corrected chi connectivity index (χ4v) is 2.06. The molecule has 2 atom stereocenters. The average molecular weight is 189 g/mol. The van der Waals surface area contributed by atoms with Crippen molar-refractivity contribution in [2.24, 2.45) is 0 Å². The van der Waals surface area contributed by atoms with Crippen LogP contribution >= 0.6 is 11.8 Å². The van der Waals surface area contributed by atoms with Crippen molar-refractivity contribution in [3.63, 3.8) is 0 Å². The highest BCUT2D eigenvalue weighted by molar-refractivity contribution is 7.98. The summed E-state index contributed by atoms with van der Waals surface area (Å²) in [5.74, 6) is 1.19. The summed E-state index contributed by atoms with van der Waals surface area (Å²) in [5, 5.41) is 3.48. The molecule has 0 aromatic heterocycles. The summed E-state index contributed by atoms with van der Waals surface area (Å²) in [4.78, 5) is 0. The Bertz CT molecular complexity index is 115. The molecule has 1 rings (SSSR count). The van der Waals surface area contributed by atoms with Gasteiger partial charge in [-0.05, 0) is 26.0 Å². The first-order chi connectivity index (χ1) is 5.83. The van der Waals surface area contributed by atoms with Gasteiger partial charge in [0.05, 0.1) is 6.10 Å². The minimum atomic E-state index is 0.481. The Kier molecular flexibility index (Phi) is 5.04. The summed E-state index contributed by atoms with van der Waals surface area (Å²) >= 11 is 1.89. The van der Waals surface area contributed by atoms with E-state index in [0.29, 0.717) is 12.1 Å². The molecule has 0 amide bonds. The highest BCUT2D eigenvalue weighted by Crippen LogP contribution is 2.10. The second kappa shape index (κ2) is 5.84. The molecule has 1 fully saturated rings. The minimum Gasteiger partial charge on any atom is -0.377 e. The Morgan fingerprint density at radius 2 is 2.50 bits per heavy atom. The zero-order valence-corrected chi connectivity index (χ0v) is 8.82. The number of ether oxygens (including phenoxy) is 1. The summed E-state index contributed by atoms with van der Waals surface area (Å²) in [6.07, 6.45) is 5.10. The van der Waals surface area contributed by atoms with Crippen LogP contribution in [0.2, 0.25) is 0 Å². The van der Waals surface area contributed by atoms with E-state index in [1.165, 1.54) is 18.6 Å². The molecule has 12 heavy (non-hydrogen) atoms. The third-order valence-electron chi connectivity index (χ3n) is 2.13. The van der Waals surface area contributed by atoms with Gasteiger partial charge in [-0.1, -0.05) is 0 Å². The first kappa shape index (κ1) is 10.4. The lowest BCUT2D eigenvalue weighted by atomic mass is 10.2. The quantitative estimate of drug-likeness (QED) is 0.708. The lowest BCUT2D eigenvalue weighted by molar-refractivity contribution is 0.108. The van der Waals surface area contributed by atoms with Crippen molar-refractivity contribution < 1.29 is 4.74 Å². The molecule has 2 unspecified atom stereocenters. The average Bonchev–Trinajstić information content (AvgIpc) is 2.53. The number of hydrogen-bond acceptors (Lipinski definition) is 3. The van der Waals surface area contributed by atoms with Gasteiger partial charge in [-0.15, -0.1) is 0 Å². The molecule has 0 saturated carbocycles. The summed E-state index contributed by atoms with van der Waals surface area (Å²) in [5.41, 5.74) is 0. The predicted molar refractivity (Wildman–Crippen MR) is 54.8 cm³/mol. The SMILES string of the molecule is CSCC(C)NCC1CCCO1. The zero-order valence-electron chi connectivity index (χ0n) is 8.01. The van der Waals surface area contributed by atoms with E-state index in [1.54, 1.807) is 0 Å². The highest BCUT2D eigenvalue weighted by atomic mass is 32.2. The number of thioether (sulfide) groups is 1. The monoisotopic (exact) mass is 189 g/mol. The van der Waals surface area contributed by atoms with E-state index < -0.39 is 0 Å². The maximum absolute atomic E-state index is 5.51. The molecule has 0 radical (unpaired) electrons. The third kappa shape index (κ3) is 3.78. The molecule has 3 heteroatoms. The Balaban J connectivity index is 1.99. The van der Waals surface area contributed by atoms with E-state index >= 15 is 0 Å². The molecule has 0 aliphatic carbocycles. The second-order valence-electron chi connectivity index (χ2n) is 3.40. The van der Waals surface area contributed by atoms with Gasteiger partial charge in [-0.25, -0.2) is 0 Å². The number of nitrogens with one attached hydrogen (secondary N) is 1. The van der Waals surface area contributed by atoms with Crippen LogP contribution in [0, 0.1) is 0 Å². The van der Waals surface area contributed by atoms with Gasteiger partial charge in [-0.2, -0.15) is 11.8 Å². The van der Waals surface area contributed by atoms with Crippen LogP contribution in [0.15, 0.2) is 0 Å². The molecule has 0 bridgehead atoms. The predicted octanol–water partition coefficient (Wildman–Crippen LogP) is 1.51. The largest absolute Gasteiger partial charge is 0.377 e. The van der Waals surface area contributed by atoms with Gasteiger partial charge >= 0.3 is 0 Å². The van der Waals surface area contributed by atoms with Crippen LogP contribution in [-0.2, 0) is 4.74 Å². The molecule has 1 N–H and O–H groups in total. The van der Waals surface area contributed by atoms with Crippen molar-refractivity contribution in [3.8, 4) is 0 Å². The molecule has 0 spiro atoms. The topological polar surface area (TPSA) is 21.3 Å². The minimum absolute atomic E-state index is 0.481. The number of rotatable bonds is 5. The van der Waals surface area contributed by atoms with Gasteiger partial charge in [0, 0.05) is 24.9 Å². The molecular formula is C9H19NOS. The van der Waals surface area contributed by atoms with Gasteiger partial charge < -0.3 is 10.1 Å². The van der Waals surface area contributed by atoms with Gasteiger partial charge in [-0.3, -0.25) is 0 Å². The van der Waals surface area contributed by atoms with E-state index in [9.17, 15) is 0 Å². The van der Waals surface area contributed by atoms with Gasteiger partial charge in [0.15, 0.2) is 0 Å². The van der Waals surface area contributed by atoms with Crippen LogP contribution in [0.1, 0.15) is 19.8 Å². The van der Waals surface area contributed by atoms with Crippen LogP contribution in [-0.4, -0.2) is 37.3 Å². The van der Waals surface area contributed by atoms with Crippen LogP contribution in [0.3, 0.4) is 0 Å². The molecule has 1 aliphatic rings. The van der Waals surface area contributed by atoms with Crippen molar-refractivity contribution in [1.29, 1.82) is 0 Å². The summed E-state index contributed by atoms with van der Waals surface area (Å²) in [6.45, 7) is 4.22. The highest BCUT2D eigenvalue weighted by Gasteiger charge is 2.15. The van der Waals surface area contributed by atoms with E-state index in [2.05, 4.69) is 18.5 Å². The second-order valence-corrected chi connectivity index (χ2v) is 4.31. The van der Waals surface area contributed by atoms with Crippen molar-refractivity contribution in [2.75, 3.05) is 25.2 Å². The first-order valence-electron chi connectivity index (χ1n) is 4.67. The molecule has 72 valence electrons. The van der Waals surface area contributed by atoms with E-state index in [-0.39, 0.29) is 0 Å². The van der Waals surface area contributed by atoms with Gasteiger partial charge in [0.25, 0.3) is 0 Å². The zero-order chi connectivity index (χ0) is 8.81.